The van der Waals surface area contributed by atoms with Gasteiger partial charge in [0.15, 0.2) is 0 Å². The first kappa shape index (κ1) is 17.8. The second-order valence-electron chi connectivity index (χ2n) is 6.84. The van der Waals surface area contributed by atoms with Crippen molar-refractivity contribution in [3.8, 4) is 0 Å². The van der Waals surface area contributed by atoms with Gasteiger partial charge in [-0.3, -0.25) is 9.69 Å². The zero-order valence-corrected chi connectivity index (χ0v) is 15.6. The Bertz CT molecular complexity index is 590. The molecule has 0 saturated carbocycles. The Labute approximate surface area is 145 Å². The van der Waals surface area contributed by atoms with Crippen molar-refractivity contribution in [2.75, 3.05) is 11.9 Å². The first-order valence-corrected chi connectivity index (χ1v) is 8.53. The molecule has 1 fully saturated rings. The smallest absolute Gasteiger partial charge is 0.410 e. The number of anilines is 1. The molecule has 23 heavy (non-hydrogen) atoms. The van der Waals surface area contributed by atoms with Crippen molar-refractivity contribution in [3.63, 3.8) is 0 Å². The summed E-state index contributed by atoms with van der Waals surface area (Å²) < 4.78 is 6.30. The minimum Gasteiger partial charge on any atom is -0.444 e. The molecule has 2 amide bonds. The summed E-state index contributed by atoms with van der Waals surface area (Å²) in [5, 5.41) is 2.89. The van der Waals surface area contributed by atoms with E-state index in [-0.39, 0.29) is 5.91 Å². The standard InChI is InChI=1S/C17H23BrN2O3/c1-11-8-12(18)10-13(9-11)19-15(21)14-6-5-7-20(14)16(22)23-17(2,3)4/h8-10,14H,5-7H2,1-4H3,(H,19,21). The van der Waals surface area contributed by atoms with Crippen molar-refractivity contribution >= 4 is 33.6 Å². The number of halogens is 1. The molecule has 2 rings (SSSR count). The molecule has 1 aromatic carbocycles. The van der Waals surface area contributed by atoms with E-state index in [0.29, 0.717) is 13.0 Å². The van der Waals surface area contributed by atoms with Crippen LogP contribution in [-0.2, 0) is 9.53 Å². The van der Waals surface area contributed by atoms with Gasteiger partial charge in [0, 0.05) is 16.7 Å². The van der Waals surface area contributed by atoms with Crippen LogP contribution in [0, 0.1) is 6.92 Å². The van der Waals surface area contributed by atoms with Crippen LogP contribution < -0.4 is 5.32 Å². The minimum absolute atomic E-state index is 0.175. The third-order valence-electron chi connectivity index (χ3n) is 3.49. The minimum atomic E-state index is -0.567. The van der Waals surface area contributed by atoms with E-state index in [9.17, 15) is 9.59 Å². The van der Waals surface area contributed by atoms with Gasteiger partial charge in [-0.1, -0.05) is 15.9 Å². The zero-order chi connectivity index (χ0) is 17.2. The lowest BCUT2D eigenvalue weighted by molar-refractivity contribution is -0.120. The molecular weight excluding hydrogens is 360 g/mol. The first-order valence-electron chi connectivity index (χ1n) is 7.73. The highest BCUT2D eigenvalue weighted by molar-refractivity contribution is 9.10. The van der Waals surface area contributed by atoms with Crippen molar-refractivity contribution in [2.24, 2.45) is 0 Å². The number of nitrogens with one attached hydrogen (secondary N) is 1. The van der Waals surface area contributed by atoms with Crippen molar-refractivity contribution < 1.29 is 14.3 Å². The van der Waals surface area contributed by atoms with E-state index < -0.39 is 17.7 Å². The molecule has 126 valence electrons. The second-order valence-corrected chi connectivity index (χ2v) is 7.75. The molecule has 0 bridgehead atoms. The summed E-state index contributed by atoms with van der Waals surface area (Å²) in [5.74, 6) is -0.175. The second kappa shape index (κ2) is 6.91. The number of hydrogen-bond acceptors (Lipinski definition) is 3. The van der Waals surface area contributed by atoms with Crippen LogP contribution in [0.2, 0.25) is 0 Å². The van der Waals surface area contributed by atoms with Gasteiger partial charge in [0.05, 0.1) is 0 Å². The van der Waals surface area contributed by atoms with Gasteiger partial charge in [0.1, 0.15) is 11.6 Å². The number of amides is 2. The number of nitrogens with zero attached hydrogens (tertiary/aromatic N) is 1. The van der Waals surface area contributed by atoms with Crippen LogP contribution in [0.3, 0.4) is 0 Å². The SMILES string of the molecule is Cc1cc(Br)cc(NC(=O)C2CCCN2C(=O)OC(C)(C)C)c1. The third kappa shape index (κ3) is 4.96. The fourth-order valence-corrected chi connectivity index (χ4v) is 3.22. The molecule has 1 unspecified atom stereocenters. The van der Waals surface area contributed by atoms with E-state index >= 15 is 0 Å². The average Bonchev–Trinajstić information content (AvgIpc) is 2.84. The van der Waals surface area contributed by atoms with Gasteiger partial charge in [-0.25, -0.2) is 4.79 Å². The van der Waals surface area contributed by atoms with Crippen LogP contribution in [0.15, 0.2) is 22.7 Å². The normalized spacial score (nSPS) is 18.0. The summed E-state index contributed by atoms with van der Waals surface area (Å²) >= 11 is 3.42. The number of carbonyl (C=O) groups excluding carboxylic acids is 2. The van der Waals surface area contributed by atoms with Crippen LogP contribution in [0.25, 0.3) is 0 Å². The van der Waals surface area contributed by atoms with Gasteiger partial charge in [-0.05, 0) is 64.3 Å². The van der Waals surface area contributed by atoms with Crippen LogP contribution >= 0.6 is 15.9 Å². The molecule has 6 heteroatoms. The zero-order valence-electron chi connectivity index (χ0n) is 14.0. The van der Waals surface area contributed by atoms with Crippen LogP contribution in [0.4, 0.5) is 10.5 Å². The first-order chi connectivity index (χ1) is 10.7. The number of rotatable bonds is 2. The van der Waals surface area contributed by atoms with E-state index in [0.717, 1.165) is 22.1 Å². The van der Waals surface area contributed by atoms with Gasteiger partial charge in [-0.2, -0.15) is 0 Å². The Morgan fingerprint density at radius 1 is 1.30 bits per heavy atom. The highest BCUT2D eigenvalue weighted by atomic mass is 79.9. The molecule has 1 atom stereocenters. The fourth-order valence-electron chi connectivity index (χ4n) is 2.61. The third-order valence-corrected chi connectivity index (χ3v) is 3.95. The Kier molecular flexibility index (Phi) is 5.34. The van der Waals surface area contributed by atoms with Crippen molar-refractivity contribution in [1.29, 1.82) is 0 Å². The largest absolute Gasteiger partial charge is 0.444 e. The molecule has 1 N–H and O–H groups in total. The van der Waals surface area contributed by atoms with E-state index in [2.05, 4.69) is 21.2 Å². The monoisotopic (exact) mass is 382 g/mol. The highest BCUT2D eigenvalue weighted by Gasteiger charge is 2.36. The highest BCUT2D eigenvalue weighted by Crippen LogP contribution is 2.24. The van der Waals surface area contributed by atoms with E-state index in [1.54, 1.807) is 0 Å². The Balaban J connectivity index is 2.07. The van der Waals surface area contributed by atoms with Gasteiger partial charge < -0.3 is 10.1 Å². The fraction of sp³-hybridized carbons (Fsp3) is 0.529. The van der Waals surface area contributed by atoms with E-state index in [1.807, 2.05) is 45.9 Å². The van der Waals surface area contributed by atoms with Crippen LogP contribution in [0.5, 0.6) is 0 Å². The van der Waals surface area contributed by atoms with Crippen molar-refractivity contribution in [3.05, 3.63) is 28.2 Å². The molecule has 1 saturated heterocycles. The number of carbonyl (C=O) groups is 2. The molecular formula is C17H23BrN2O3. The quantitative estimate of drug-likeness (QED) is 0.837. The predicted octanol–water partition coefficient (Wildman–Crippen LogP) is 4.10. The molecule has 1 aromatic rings. The molecule has 0 aliphatic carbocycles. The predicted molar refractivity (Wildman–Crippen MR) is 93.5 cm³/mol. The lowest BCUT2D eigenvalue weighted by Crippen LogP contribution is -2.45. The summed E-state index contributed by atoms with van der Waals surface area (Å²) in [5.41, 5.74) is 1.20. The average molecular weight is 383 g/mol. The van der Waals surface area contributed by atoms with Crippen molar-refractivity contribution in [1.82, 2.24) is 4.90 Å². The van der Waals surface area contributed by atoms with Gasteiger partial charge in [0.2, 0.25) is 5.91 Å². The molecule has 1 heterocycles. The Morgan fingerprint density at radius 3 is 2.61 bits per heavy atom. The summed E-state index contributed by atoms with van der Waals surface area (Å²) in [6, 6.07) is 5.23. The van der Waals surface area contributed by atoms with Crippen LogP contribution in [0.1, 0.15) is 39.2 Å². The summed E-state index contributed by atoms with van der Waals surface area (Å²) in [6.45, 7) is 7.97. The lowest BCUT2D eigenvalue weighted by Gasteiger charge is -2.28. The van der Waals surface area contributed by atoms with Gasteiger partial charge in [-0.15, -0.1) is 0 Å². The lowest BCUT2D eigenvalue weighted by atomic mass is 10.2. The molecule has 5 nitrogen and oxygen atoms in total. The Hall–Kier alpha value is -1.56. The summed E-state index contributed by atoms with van der Waals surface area (Å²) in [4.78, 5) is 26.3. The number of likely N-dealkylation sites (tertiary alicyclic amines) is 1. The van der Waals surface area contributed by atoms with Crippen LogP contribution in [-0.4, -0.2) is 35.1 Å². The molecule has 1 aliphatic heterocycles. The van der Waals surface area contributed by atoms with Gasteiger partial charge in [0.25, 0.3) is 0 Å². The summed E-state index contributed by atoms with van der Waals surface area (Å²) in [6.07, 6.45) is 1.02. The number of aryl methyl sites for hydroxylation is 1. The molecule has 1 aliphatic rings. The Morgan fingerprint density at radius 2 is 2.00 bits per heavy atom. The number of benzene rings is 1. The van der Waals surface area contributed by atoms with Crippen molar-refractivity contribution in [2.45, 2.75) is 52.2 Å². The topological polar surface area (TPSA) is 58.6 Å². The van der Waals surface area contributed by atoms with Gasteiger partial charge >= 0.3 is 6.09 Å². The molecule has 0 spiro atoms. The maximum absolute atomic E-state index is 12.5. The number of hydrogen-bond donors (Lipinski definition) is 1. The van der Waals surface area contributed by atoms with E-state index in [4.69, 9.17) is 4.74 Å². The van der Waals surface area contributed by atoms with E-state index in [1.165, 1.54) is 4.90 Å². The summed E-state index contributed by atoms with van der Waals surface area (Å²) in [7, 11) is 0. The molecule has 0 radical (unpaired) electrons. The maximum Gasteiger partial charge on any atom is 0.410 e. The molecule has 0 aromatic heterocycles. The number of ether oxygens (including phenoxy) is 1. The maximum atomic E-state index is 12.5.